The molecule has 4 heteroatoms. The summed E-state index contributed by atoms with van der Waals surface area (Å²) in [5, 5.41) is 3.07. The average Bonchev–Trinajstić information content (AvgIpc) is 2.75. The first-order chi connectivity index (χ1) is 14.3. The lowest BCUT2D eigenvalue weighted by Crippen LogP contribution is -2.54. The number of methoxy groups -OCH3 is 1. The second kappa shape index (κ2) is 8.93. The van der Waals surface area contributed by atoms with Gasteiger partial charge in [0.1, 0.15) is 5.75 Å². The van der Waals surface area contributed by atoms with E-state index in [1.807, 2.05) is 36.4 Å². The van der Waals surface area contributed by atoms with Crippen molar-refractivity contribution in [2.24, 2.45) is 5.92 Å². The number of amides is 1. The highest BCUT2D eigenvalue weighted by Crippen LogP contribution is 2.34. The number of carbonyl (C=O) groups excluding carboxylic acids is 1. The van der Waals surface area contributed by atoms with E-state index in [9.17, 15) is 4.79 Å². The fourth-order valence-electron chi connectivity index (χ4n) is 3.95. The molecule has 0 spiro atoms. The maximum absolute atomic E-state index is 12.7. The number of hydrogen-bond donors (Lipinski definition) is 1. The zero-order valence-electron chi connectivity index (χ0n) is 16.6. The van der Waals surface area contributed by atoms with Crippen molar-refractivity contribution in [2.75, 3.05) is 20.2 Å². The zero-order valence-corrected chi connectivity index (χ0v) is 16.6. The van der Waals surface area contributed by atoms with Gasteiger partial charge in [-0.3, -0.25) is 9.69 Å². The summed E-state index contributed by atoms with van der Waals surface area (Å²) in [7, 11) is 1.65. The number of nitrogens with zero attached hydrogens (tertiary/aromatic N) is 1. The molecule has 1 heterocycles. The second-order valence-corrected chi connectivity index (χ2v) is 7.40. The number of carbonyl (C=O) groups is 1. The third kappa shape index (κ3) is 4.33. The van der Waals surface area contributed by atoms with E-state index < -0.39 is 0 Å². The van der Waals surface area contributed by atoms with Crippen molar-refractivity contribution in [3.63, 3.8) is 0 Å². The molecule has 0 radical (unpaired) electrons. The van der Waals surface area contributed by atoms with E-state index in [2.05, 4.69) is 58.7 Å². The number of nitrogens with one attached hydrogen (secondary N) is 1. The van der Waals surface area contributed by atoms with Crippen LogP contribution in [-0.2, 0) is 11.3 Å². The van der Waals surface area contributed by atoms with Gasteiger partial charge in [0.15, 0.2) is 0 Å². The van der Waals surface area contributed by atoms with Gasteiger partial charge < -0.3 is 10.1 Å². The van der Waals surface area contributed by atoms with Gasteiger partial charge in [-0.2, -0.15) is 0 Å². The van der Waals surface area contributed by atoms with Crippen LogP contribution >= 0.6 is 0 Å². The quantitative estimate of drug-likeness (QED) is 0.667. The summed E-state index contributed by atoms with van der Waals surface area (Å²) in [6, 6.07) is 29.0. The molecule has 1 amide bonds. The topological polar surface area (TPSA) is 41.6 Å². The Morgan fingerprint density at radius 1 is 0.931 bits per heavy atom. The first kappa shape index (κ1) is 19.2. The van der Waals surface area contributed by atoms with Gasteiger partial charge in [-0.25, -0.2) is 0 Å². The van der Waals surface area contributed by atoms with Gasteiger partial charge in [-0.05, 0) is 17.2 Å². The van der Waals surface area contributed by atoms with E-state index >= 15 is 0 Å². The normalized spacial score (nSPS) is 14.4. The van der Waals surface area contributed by atoms with Gasteiger partial charge in [0.05, 0.1) is 19.1 Å². The molecule has 148 valence electrons. The standard InChI is InChI=1S/C25H26N2O2/c1-29-23-15-9-8-14-21(23)16-26-25(28)22-17-27(18-22)24(19-10-4-2-5-11-19)20-12-6-3-7-13-20/h2-15,22,24H,16-18H2,1H3,(H,26,28). The minimum Gasteiger partial charge on any atom is -0.496 e. The Kier molecular flexibility index (Phi) is 5.92. The van der Waals surface area contributed by atoms with Crippen LogP contribution in [0.3, 0.4) is 0 Å². The molecule has 1 N–H and O–H groups in total. The molecule has 4 rings (SSSR count). The average molecular weight is 386 g/mol. The zero-order chi connectivity index (χ0) is 20.1. The molecule has 0 unspecified atom stereocenters. The molecule has 0 bridgehead atoms. The molecule has 3 aromatic carbocycles. The van der Waals surface area contributed by atoms with Gasteiger partial charge >= 0.3 is 0 Å². The Balaban J connectivity index is 1.40. The molecule has 1 saturated heterocycles. The predicted octanol–water partition coefficient (Wildman–Crippen LogP) is 4.03. The molecule has 1 aliphatic heterocycles. The fourth-order valence-corrected chi connectivity index (χ4v) is 3.95. The minimum absolute atomic E-state index is 0.0135. The number of hydrogen-bond acceptors (Lipinski definition) is 3. The molecule has 1 fully saturated rings. The molecule has 1 aliphatic rings. The van der Waals surface area contributed by atoms with Crippen LogP contribution in [0.15, 0.2) is 84.9 Å². The Labute approximate surface area is 172 Å². The van der Waals surface area contributed by atoms with Crippen LogP contribution < -0.4 is 10.1 Å². The first-order valence-corrected chi connectivity index (χ1v) is 10.00. The van der Waals surface area contributed by atoms with Crippen molar-refractivity contribution in [3.05, 3.63) is 102 Å². The van der Waals surface area contributed by atoms with Crippen LogP contribution in [0.2, 0.25) is 0 Å². The van der Waals surface area contributed by atoms with E-state index in [-0.39, 0.29) is 17.9 Å². The van der Waals surface area contributed by atoms with Gasteiger partial charge in [-0.1, -0.05) is 78.9 Å². The summed E-state index contributed by atoms with van der Waals surface area (Å²) < 4.78 is 5.37. The van der Waals surface area contributed by atoms with Crippen molar-refractivity contribution < 1.29 is 9.53 Å². The summed E-state index contributed by atoms with van der Waals surface area (Å²) in [4.78, 5) is 15.0. The van der Waals surface area contributed by atoms with Gasteiger partial charge in [0.25, 0.3) is 0 Å². The maximum atomic E-state index is 12.7. The predicted molar refractivity (Wildman–Crippen MR) is 115 cm³/mol. The number of likely N-dealkylation sites (tertiary alicyclic amines) is 1. The molecule has 0 atom stereocenters. The molecule has 3 aromatic rings. The molecule has 4 nitrogen and oxygen atoms in total. The lowest BCUT2D eigenvalue weighted by atomic mass is 9.90. The maximum Gasteiger partial charge on any atom is 0.225 e. The van der Waals surface area contributed by atoms with Crippen LogP contribution in [0.1, 0.15) is 22.7 Å². The molecule has 29 heavy (non-hydrogen) atoms. The monoisotopic (exact) mass is 386 g/mol. The lowest BCUT2D eigenvalue weighted by Gasteiger charge is -2.44. The van der Waals surface area contributed by atoms with Crippen LogP contribution in [0, 0.1) is 5.92 Å². The third-order valence-corrected chi connectivity index (χ3v) is 5.52. The third-order valence-electron chi connectivity index (χ3n) is 5.52. The van der Waals surface area contributed by atoms with Crippen molar-refractivity contribution in [3.8, 4) is 5.75 Å². The van der Waals surface area contributed by atoms with E-state index in [4.69, 9.17) is 4.74 Å². The fraction of sp³-hybridized carbons (Fsp3) is 0.240. The number of para-hydroxylation sites is 1. The number of ether oxygens (including phenoxy) is 1. The first-order valence-electron chi connectivity index (χ1n) is 10.00. The smallest absolute Gasteiger partial charge is 0.225 e. The van der Waals surface area contributed by atoms with Crippen molar-refractivity contribution in [1.82, 2.24) is 10.2 Å². The highest BCUT2D eigenvalue weighted by atomic mass is 16.5. The van der Waals surface area contributed by atoms with Crippen LogP contribution in [0.5, 0.6) is 5.75 Å². The van der Waals surface area contributed by atoms with Crippen LogP contribution in [-0.4, -0.2) is 31.0 Å². The lowest BCUT2D eigenvalue weighted by molar-refractivity contribution is -0.131. The SMILES string of the molecule is COc1ccccc1CNC(=O)C1CN(C(c2ccccc2)c2ccccc2)C1. The summed E-state index contributed by atoms with van der Waals surface area (Å²) in [6.45, 7) is 2.00. The Morgan fingerprint density at radius 2 is 1.48 bits per heavy atom. The number of benzene rings is 3. The molecule has 0 saturated carbocycles. The van der Waals surface area contributed by atoms with Gasteiger partial charge in [-0.15, -0.1) is 0 Å². The summed E-state index contributed by atoms with van der Waals surface area (Å²) >= 11 is 0. The molecular weight excluding hydrogens is 360 g/mol. The molecular formula is C25H26N2O2. The van der Waals surface area contributed by atoms with Crippen molar-refractivity contribution in [2.45, 2.75) is 12.6 Å². The Morgan fingerprint density at radius 3 is 2.07 bits per heavy atom. The second-order valence-electron chi connectivity index (χ2n) is 7.40. The summed E-state index contributed by atoms with van der Waals surface area (Å²) in [5.74, 6) is 0.919. The number of rotatable bonds is 7. The summed E-state index contributed by atoms with van der Waals surface area (Å²) in [5.41, 5.74) is 3.50. The molecule has 0 aromatic heterocycles. The summed E-state index contributed by atoms with van der Waals surface area (Å²) in [6.07, 6.45) is 0. The van der Waals surface area contributed by atoms with Gasteiger partial charge in [0, 0.05) is 25.2 Å². The Hall–Kier alpha value is -3.11. The van der Waals surface area contributed by atoms with Crippen molar-refractivity contribution >= 4 is 5.91 Å². The van der Waals surface area contributed by atoms with E-state index in [1.165, 1.54) is 11.1 Å². The highest BCUT2D eigenvalue weighted by molar-refractivity contribution is 5.80. The van der Waals surface area contributed by atoms with E-state index in [1.54, 1.807) is 7.11 Å². The van der Waals surface area contributed by atoms with E-state index in [0.29, 0.717) is 6.54 Å². The largest absolute Gasteiger partial charge is 0.496 e. The minimum atomic E-state index is 0.0135. The highest BCUT2D eigenvalue weighted by Gasteiger charge is 2.37. The van der Waals surface area contributed by atoms with Crippen LogP contribution in [0.25, 0.3) is 0 Å². The van der Waals surface area contributed by atoms with Crippen molar-refractivity contribution in [1.29, 1.82) is 0 Å². The van der Waals surface area contributed by atoms with Gasteiger partial charge in [0.2, 0.25) is 5.91 Å². The van der Waals surface area contributed by atoms with E-state index in [0.717, 1.165) is 24.4 Å². The Bertz CT molecular complexity index is 898. The van der Waals surface area contributed by atoms with Crippen LogP contribution in [0.4, 0.5) is 0 Å². The molecule has 0 aliphatic carbocycles.